The van der Waals surface area contributed by atoms with Crippen molar-refractivity contribution in [1.29, 1.82) is 0 Å². The Kier molecular flexibility index (Phi) is 4.84. The summed E-state index contributed by atoms with van der Waals surface area (Å²) in [4.78, 5) is 1.28. The van der Waals surface area contributed by atoms with Crippen molar-refractivity contribution in [2.45, 2.75) is 12.2 Å². The summed E-state index contributed by atoms with van der Waals surface area (Å²) < 4.78 is 40.5. The van der Waals surface area contributed by atoms with E-state index in [1.807, 2.05) is 0 Å². The third-order valence-corrected chi connectivity index (χ3v) is 4.18. The fourth-order valence-electron chi connectivity index (χ4n) is 2.31. The molecule has 112 valence electrons. The molecule has 1 aliphatic heterocycles. The molecule has 1 aromatic carbocycles. The van der Waals surface area contributed by atoms with Crippen molar-refractivity contribution in [2.75, 3.05) is 26.2 Å². The number of piperazine rings is 1. The Hall–Kier alpha value is -0.500. The maximum Gasteiger partial charge on any atom is 0.408 e. The molecule has 0 aliphatic carbocycles. The van der Waals surface area contributed by atoms with Gasteiger partial charge in [-0.05, 0) is 28.1 Å². The van der Waals surface area contributed by atoms with E-state index in [1.165, 1.54) is 17.0 Å². The van der Waals surface area contributed by atoms with E-state index in [0.29, 0.717) is 13.1 Å². The summed E-state index contributed by atoms with van der Waals surface area (Å²) in [6.07, 6.45) is -4.51. The van der Waals surface area contributed by atoms with Crippen LogP contribution in [0.25, 0.3) is 0 Å². The van der Waals surface area contributed by atoms with Gasteiger partial charge in [0.25, 0.3) is 0 Å². The van der Waals surface area contributed by atoms with Gasteiger partial charge in [0.2, 0.25) is 0 Å². The fraction of sp³-hybridized carbons (Fsp3) is 0.500. The number of alkyl halides is 3. The molecule has 0 amide bonds. The first kappa shape index (κ1) is 15.9. The number of phenols is 1. The third-order valence-electron chi connectivity index (χ3n) is 3.21. The van der Waals surface area contributed by atoms with Crippen molar-refractivity contribution in [1.82, 2.24) is 10.2 Å². The lowest BCUT2D eigenvalue weighted by atomic mass is 10.0. The second-order valence-electron chi connectivity index (χ2n) is 4.52. The van der Waals surface area contributed by atoms with Crippen molar-refractivity contribution in [3.05, 3.63) is 27.2 Å². The minimum absolute atomic E-state index is 0.0912. The Balaban J connectivity index is 2.49. The van der Waals surface area contributed by atoms with E-state index in [1.54, 1.807) is 0 Å². The van der Waals surface area contributed by atoms with E-state index in [4.69, 9.17) is 11.6 Å². The van der Waals surface area contributed by atoms with Crippen molar-refractivity contribution in [3.63, 3.8) is 0 Å². The van der Waals surface area contributed by atoms with Gasteiger partial charge < -0.3 is 10.4 Å². The lowest BCUT2D eigenvalue weighted by Crippen LogP contribution is -2.49. The highest BCUT2D eigenvalue weighted by Crippen LogP contribution is 2.46. The van der Waals surface area contributed by atoms with Gasteiger partial charge in [-0.2, -0.15) is 13.2 Å². The lowest BCUT2D eigenvalue weighted by Gasteiger charge is -2.36. The van der Waals surface area contributed by atoms with Crippen LogP contribution in [0, 0.1) is 0 Å². The van der Waals surface area contributed by atoms with Gasteiger partial charge in [0, 0.05) is 36.8 Å². The van der Waals surface area contributed by atoms with Gasteiger partial charge in [-0.3, -0.25) is 4.90 Å². The Morgan fingerprint density at radius 3 is 2.45 bits per heavy atom. The minimum Gasteiger partial charge on any atom is -0.506 e. The predicted molar refractivity (Wildman–Crippen MR) is 74.1 cm³/mol. The van der Waals surface area contributed by atoms with E-state index in [2.05, 4.69) is 21.2 Å². The molecule has 0 saturated carbocycles. The number of hydrogen-bond acceptors (Lipinski definition) is 3. The smallest absolute Gasteiger partial charge is 0.408 e. The summed E-state index contributed by atoms with van der Waals surface area (Å²) in [6.45, 7) is 1.43. The number of benzene rings is 1. The van der Waals surface area contributed by atoms with Crippen LogP contribution in [0.15, 0.2) is 16.6 Å². The highest BCUT2D eigenvalue weighted by atomic mass is 79.9. The van der Waals surface area contributed by atoms with Gasteiger partial charge in [-0.1, -0.05) is 11.6 Å². The van der Waals surface area contributed by atoms with Gasteiger partial charge in [0.1, 0.15) is 11.8 Å². The molecule has 1 aliphatic rings. The van der Waals surface area contributed by atoms with Gasteiger partial charge >= 0.3 is 6.18 Å². The van der Waals surface area contributed by atoms with Crippen LogP contribution in [-0.2, 0) is 0 Å². The second-order valence-corrected chi connectivity index (χ2v) is 5.78. The summed E-state index contributed by atoms with van der Waals surface area (Å²) in [5, 5.41) is 12.9. The average molecular weight is 374 g/mol. The Bertz CT molecular complexity index is 492. The fourth-order valence-corrected chi connectivity index (χ4v) is 2.91. The summed E-state index contributed by atoms with van der Waals surface area (Å²) >= 11 is 8.93. The van der Waals surface area contributed by atoms with Crippen LogP contribution in [0.1, 0.15) is 11.6 Å². The molecule has 1 heterocycles. The van der Waals surface area contributed by atoms with Crippen LogP contribution in [0.5, 0.6) is 5.75 Å². The van der Waals surface area contributed by atoms with Gasteiger partial charge in [-0.25, -0.2) is 0 Å². The van der Waals surface area contributed by atoms with Gasteiger partial charge in [0.05, 0.1) is 4.47 Å². The molecule has 8 heteroatoms. The molecule has 1 saturated heterocycles. The van der Waals surface area contributed by atoms with E-state index in [-0.39, 0.29) is 28.1 Å². The molecular formula is C12H13BrClF3N2O. The molecule has 0 unspecified atom stereocenters. The van der Waals surface area contributed by atoms with E-state index in [9.17, 15) is 18.3 Å². The molecule has 0 bridgehead atoms. The highest BCUT2D eigenvalue weighted by Gasteiger charge is 2.47. The number of hydrogen-bond donors (Lipinski definition) is 2. The Morgan fingerprint density at radius 1 is 1.30 bits per heavy atom. The van der Waals surface area contributed by atoms with Crippen molar-refractivity contribution in [3.8, 4) is 5.75 Å². The number of nitrogens with zero attached hydrogens (tertiary/aromatic N) is 1. The van der Waals surface area contributed by atoms with Crippen molar-refractivity contribution in [2.24, 2.45) is 0 Å². The zero-order valence-electron chi connectivity index (χ0n) is 10.3. The Morgan fingerprint density at radius 2 is 1.90 bits per heavy atom. The number of halogens is 5. The van der Waals surface area contributed by atoms with Crippen LogP contribution >= 0.6 is 27.5 Å². The molecule has 20 heavy (non-hydrogen) atoms. The SMILES string of the molecule is Oc1c(Br)ccc(Cl)c1[C@@H](N1CCNCC1)C(F)(F)F. The number of aromatic hydroxyl groups is 1. The van der Waals surface area contributed by atoms with Crippen molar-refractivity contribution < 1.29 is 18.3 Å². The standard InChI is InChI=1S/C12H13BrClF3N2O/c13-7-1-2-8(14)9(10(7)20)11(12(15,16)17)19-5-3-18-4-6-19/h1-2,11,18,20H,3-6H2/t11-/m1/s1. The highest BCUT2D eigenvalue weighted by molar-refractivity contribution is 9.10. The average Bonchev–Trinajstić information content (AvgIpc) is 2.39. The first-order chi connectivity index (χ1) is 9.32. The first-order valence-electron chi connectivity index (χ1n) is 6.00. The molecule has 1 atom stereocenters. The lowest BCUT2D eigenvalue weighted by molar-refractivity contribution is -0.188. The van der Waals surface area contributed by atoms with Crippen LogP contribution < -0.4 is 5.32 Å². The molecule has 2 rings (SSSR count). The zero-order valence-corrected chi connectivity index (χ0v) is 12.7. The normalized spacial score (nSPS) is 19.1. The van der Waals surface area contributed by atoms with Crippen LogP contribution in [0.2, 0.25) is 5.02 Å². The molecule has 2 N–H and O–H groups in total. The Labute approximate surface area is 127 Å². The molecular weight excluding hydrogens is 360 g/mol. The predicted octanol–water partition coefficient (Wildman–Crippen LogP) is 3.32. The van der Waals surface area contributed by atoms with Crippen LogP contribution in [0.4, 0.5) is 13.2 Å². The summed E-state index contributed by atoms with van der Waals surface area (Å²) in [5.74, 6) is -0.460. The maximum atomic E-state index is 13.4. The summed E-state index contributed by atoms with van der Waals surface area (Å²) in [7, 11) is 0. The monoisotopic (exact) mass is 372 g/mol. The van der Waals surface area contributed by atoms with Gasteiger partial charge in [-0.15, -0.1) is 0 Å². The molecule has 3 nitrogen and oxygen atoms in total. The van der Waals surface area contributed by atoms with Crippen LogP contribution in [0.3, 0.4) is 0 Å². The minimum atomic E-state index is -4.51. The van der Waals surface area contributed by atoms with E-state index >= 15 is 0 Å². The molecule has 0 aromatic heterocycles. The van der Waals surface area contributed by atoms with E-state index < -0.39 is 18.0 Å². The van der Waals surface area contributed by atoms with E-state index in [0.717, 1.165) is 0 Å². The number of nitrogens with one attached hydrogen (secondary N) is 1. The molecule has 1 aromatic rings. The third kappa shape index (κ3) is 3.21. The van der Waals surface area contributed by atoms with Crippen molar-refractivity contribution >= 4 is 27.5 Å². The molecule has 0 radical (unpaired) electrons. The number of rotatable bonds is 2. The zero-order chi connectivity index (χ0) is 14.9. The summed E-state index contributed by atoms with van der Waals surface area (Å²) in [5.41, 5.74) is -0.296. The largest absolute Gasteiger partial charge is 0.506 e. The summed E-state index contributed by atoms with van der Waals surface area (Å²) in [6, 6.07) is 0.864. The topological polar surface area (TPSA) is 35.5 Å². The van der Waals surface area contributed by atoms with Crippen LogP contribution in [-0.4, -0.2) is 42.4 Å². The first-order valence-corrected chi connectivity index (χ1v) is 7.18. The van der Waals surface area contributed by atoms with Gasteiger partial charge in [0.15, 0.2) is 0 Å². The maximum absolute atomic E-state index is 13.4. The second kappa shape index (κ2) is 6.09. The molecule has 0 spiro atoms. The quantitative estimate of drug-likeness (QED) is 0.835. The molecule has 1 fully saturated rings. The number of phenolic OH excluding ortho intramolecular Hbond substituents is 1.